The lowest BCUT2D eigenvalue weighted by atomic mass is 10.1. The second-order valence-electron chi connectivity index (χ2n) is 19.2. The van der Waals surface area contributed by atoms with E-state index < -0.39 is 60.3 Å². The van der Waals surface area contributed by atoms with Gasteiger partial charge in [0.05, 0.1) is 48.4 Å². The summed E-state index contributed by atoms with van der Waals surface area (Å²) in [6.45, 7) is 23.0. The summed E-state index contributed by atoms with van der Waals surface area (Å²) in [5, 5.41) is 9.52. The normalized spacial score (nSPS) is 12.3. The molecule has 0 aliphatic carbocycles. The van der Waals surface area contributed by atoms with Gasteiger partial charge in [-0.1, -0.05) is 75.7 Å². The third-order valence-electron chi connectivity index (χ3n) is 8.89. The molecule has 0 saturated carbocycles. The summed E-state index contributed by atoms with van der Waals surface area (Å²) >= 11 is 0. The van der Waals surface area contributed by atoms with E-state index in [1.54, 1.807) is 93.6 Å². The Labute approximate surface area is 417 Å². The third-order valence-corrected chi connectivity index (χ3v) is 11.7. The van der Waals surface area contributed by atoms with E-state index in [0.29, 0.717) is 33.8 Å². The number of nitrogens with one attached hydrogen (secondary N) is 3. The van der Waals surface area contributed by atoms with Crippen molar-refractivity contribution in [2.75, 3.05) is 48.2 Å². The minimum absolute atomic E-state index is 0.0775. The molecule has 0 atom stereocenters. The summed E-state index contributed by atoms with van der Waals surface area (Å²) in [5.41, 5.74) is 2.52. The van der Waals surface area contributed by atoms with Crippen LogP contribution in [-0.2, 0) is 56.9 Å². The standard InChI is InChI=1S/C50H64N6O12Si3/c1-13-63-42(57)39(45(60)66-31-69(4,5)6)28-33-16-22-36(23-17-33)51-48-54-49(52-37-24-18-34(19-25-37)29-40(43(58)64-14-2)46(61)67-32-70(7,8)9)56-50(55-48)53-38-26-20-35(21-27-38)30-41(44(59)65-15-3)47(62)68-71(10,11)12/h16-30H,13-15,31-32H2,1-12H3,(H3,51,52,53,54,55,56). The van der Waals surface area contributed by atoms with Gasteiger partial charge in [-0.3, -0.25) is 0 Å². The fourth-order valence-corrected chi connectivity index (χ4v) is 7.50. The van der Waals surface area contributed by atoms with Crippen molar-refractivity contribution in [2.45, 2.75) is 79.7 Å². The van der Waals surface area contributed by atoms with Gasteiger partial charge in [0.15, 0.2) is 0 Å². The van der Waals surface area contributed by atoms with Crippen molar-refractivity contribution in [3.63, 3.8) is 0 Å². The van der Waals surface area contributed by atoms with Crippen LogP contribution in [0.25, 0.3) is 18.2 Å². The number of esters is 5. The molecule has 71 heavy (non-hydrogen) atoms. The predicted octanol–water partition coefficient (Wildman–Crippen LogP) is 9.16. The Bertz CT molecular complexity index is 2510. The first-order valence-corrected chi connectivity index (χ1v) is 33.8. The van der Waals surface area contributed by atoms with E-state index in [0.717, 1.165) is 0 Å². The molecule has 0 amide bonds. The van der Waals surface area contributed by atoms with Gasteiger partial charge in [0.1, 0.15) is 16.7 Å². The van der Waals surface area contributed by atoms with E-state index in [-0.39, 0.29) is 66.8 Å². The molecule has 0 fully saturated rings. The van der Waals surface area contributed by atoms with Gasteiger partial charge >= 0.3 is 35.8 Å². The van der Waals surface area contributed by atoms with Crippen molar-refractivity contribution in [3.8, 4) is 0 Å². The summed E-state index contributed by atoms with van der Waals surface area (Å²) in [4.78, 5) is 91.2. The SMILES string of the molecule is CCOC(=O)C(=Cc1ccc(Nc2nc(Nc3ccc(C=C(C(=O)OCC)C(=O)OC[Si](C)(C)C)cc3)nc(Nc3ccc(C=C(C(=O)OCC)C(=O)O[Si](C)(C)C)cc3)n2)cc1)C(=O)OC[Si](C)(C)C. The van der Waals surface area contributed by atoms with E-state index in [9.17, 15) is 28.8 Å². The highest BCUT2D eigenvalue weighted by Crippen LogP contribution is 2.25. The number of carbonyl (C=O) groups excluding carboxylic acids is 6. The van der Waals surface area contributed by atoms with Crippen LogP contribution < -0.4 is 16.0 Å². The maximum atomic E-state index is 13.0. The van der Waals surface area contributed by atoms with Crippen molar-refractivity contribution in [1.82, 2.24) is 15.0 Å². The summed E-state index contributed by atoms with van der Waals surface area (Å²) in [7, 11) is -5.88. The highest BCUT2D eigenvalue weighted by atomic mass is 28.4. The highest BCUT2D eigenvalue weighted by Gasteiger charge is 2.28. The number of ether oxygens (including phenoxy) is 5. The molecular formula is C50H64N6O12Si3. The second-order valence-corrected chi connectivity index (χ2v) is 34.4. The maximum Gasteiger partial charge on any atom is 0.345 e. The molecule has 3 aromatic carbocycles. The van der Waals surface area contributed by atoms with Gasteiger partial charge in [-0.05, 0) is 112 Å². The zero-order valence-electron chi connectivity index (χ0n) is 42.4. The molecule has 0 radical (unpaired) electrons. The molecule has 0 saturated heterocycles. The molecule has 0 aliphatic rings. The Balaban J connectivity index is 1.69. The second kappa shape index (κ2) is 25.6. The summed E-state index contributed by atoms with van der Waals surface area (Å²) in [5.74, 6) is -4.32. The first-order chi connectivity index (χ1) is 33.3. The molecule has 4 aromatic rings. The molecule has 3 N–H and O–H groups in total. The van der Waals surface area contributed by atoms with Gasteiger partial charge in [-0.25, -0.2) is 28.8 Å². The topological polar surface area (TPSA) is 233 Å². The van der Waals surface area contributed by atoms with Crippen LogP contribution in [-0.4, -0.2) is 108 Å². The van der Waals surface area contributed by atoms with Crippen molar-refractivity contribution < 1.29 is 56.9 Å². The molecule has 0 spiro atoms. The van der Waals surface area contributed by atoms with Gasteiger partial charge in [0, 0.05) is 17.1 Å². The minimum atomic E-state index is -2.34. The quantitative estimate of drug-likeness (QED) is 0.0157. The number of carbonyl (C=O) groups is 6. The fraction of sp³-hybridized carbons (Fsp3) is 0.340. The molecule has 18 nitrogen and oxygen atoms in total. The average molecular weight is 1030 g/mol. The fourth-order valence-electron chi connectivity index (χ4n) is 5.70. The van der Waals surface area contributed by atoms with Crippen molar-refractivity contribution in [2.24, 2.45) is 0 Å². The lowest BCUT2D eigenvalue weighted by molar-refractivity contribution is -0.147. The number of anilines is 6. The van der Waals surface area contributed by atoms with E-state index >= 15 is 0 Å². The zero-order chi connectivity index (χ0) is 52.5. The van der Waals surface area contributed by atoms with Crippen molar-refractivity contribution >= 4 is 113 Å². The number of hydrogen-bond donors (Lipinski definition) is 3. The van der Waals surface area contributed by atoms with Crippen LogP contribution in [0.15, 0.2) is 89.5 Å². The minimum Gasteiger partial charge on any atom is -0.516 e. The zero-order valence-corrected chi connectivity index (χ0v) is 45.4. The number of rotatable bonds is 23. The monoisotopic (exact) mass is 1020 g/mol. The van der Waals surface area contributed by atoms with Crippen LogP contribution in [0.4, 0.5) is 34.9 Å². The molecule has 378 valence electrons. The third kappa shape index (κ3) is 19.6. The Morgan fingerprint density at radius 2 is 0.662 bits per heavy atom. The van der Waals surface area contributed by atoms with Gasteiger partial charge < -0.3 is 44.1 Å². The summed E-state index contributed by atoms with van der Waals surface area (Å²) < 4.78 is 32.0. The molecule has 1 aromatic heterocycles. The average Bonchev–Trinajstić information content (AvgIpc) is 3.28. The van der Waals surface area contributed by atoms with Crippen molar-refractivity contribution in [3.05, 3.63) is 106 Å². The number of benzene rings is 3. The molecular weight excluding hydrogens is 961 g/mol. The van der Waals surface area contributed by atoms with Gasteiger partial charge in [-0.15, -0.1) is 0 Å². The van der Waals surface area contributed by atoms with Crippen molar-refractivity contribution in [1.29, 1.82) is 0 Å². The van der Waals surface area contributed by atoms with E-state index in [2.05, 4.69) is 30.9 Å². The first-order valence-electron chi connectivity index (χ1n) is 23.0. The Morgan fingerprint density at radius 1 is 0.408 bits per heavy atom. The predicted molar refractivity (Wildman–Crippen MR) is 281 cm³/mol. The van der Waals surface area contributed by atoms with E-state index in [4.69, 9.17) is 28.1 Å². The maximum absolute atomic E-state index is 13.0. The van der Waals surface area contributed by atoms with Crippen LogP contribution >= 0.6 is 0 Å². The summed E-state index contributed by atoms with van der Waals surface area (Å²) in [6.07, 6.45) is 4.71. The Morgan fingerprint density at radius 3 is 0.901 bits per heavy atom. The van der Waals surface area contributed by atoms with Crippen LogP contribution in [0.3, 0.4) is 0 Å². The Kier molecular flexibility index (Phi) is 20.3. The van der Waals surface area contributed by atoms with Crippen LogP contribution in [0.2, 0.25) is 58.9 Å². The summed E-state index contributed by atoms with van der Waals surface area (Å²) in [6, 6.07) is 20.4. The largest absolute Gasteiger partial charge is 0.516 e. The molecule has 4 rings (SSSR count). The van der Waals surface area contributed by atoms with Gasteiger partial charge in [0.2, 0.25) is 26.2 Å². The van der Waals surface area contributed by atoms with Crippen LogP contribution in [0.5, 0.6) is 0 Å². The van der Waals surface area contributed by atoms with E-state index in [1.165, 1.54) is 18.2 Å². The van der Waals surface area contributed by atoms with Crippen LogP contribution in [0, 0.1) is 0 Å². The lowest BCUT2D eigenvalue weighted by Crippen LogP contribution is -2.32. The lowest BCUT2D eigenvalue weighted by Gasteiger charge is -2.18. The highest BCUT2D eigenvalue weighted by molar-refractivity contribution is 6.76. The molecule has 21 heteroatoms. The number of hydrogen-bond acceptors (Lipinski definition) is 18. The van der Waals surface area contributed by atoms with E-state index in [1.807, 2.05) is 58.9 Å². The molecule has 0 aliphatic heterocycles. The van der Waals surface area contributed by atoms with Gasteiger partial charge in [-0.2, -0.15) is 15.0 Å². The first kappa shape index (κ1) is 56.3. The van der Waals surface area contributed by atoms with Gasteiger partial charge in [0.25, 0.3) is 0 Å². The molecule has 0 unspecified atom stereocenters. The number of nitrogens with zero attached hydrogens (tertiary/aromatic N) is 3. The number of aromatic nitrogens is 3. The smallest absolute Gasteiger partial charge is 0.345 e. The molecule has 0 bridgehead atoms. The van der Waals surface area contributed by atoms with Crippen LogP contribution in [0.1, 0.15) is 37.5 Å². The molecule has 1 heterocycles. The Hall–Kier alpha value is -7.24.